The van der Waals surface area contributed by atoms with E-state index in [0.717, 1.165) is 56.6 Å². The molecule has 0 amide bonds. The second-order valence-corrected chi connectivity index (χ2v) is 16.2. The van der Waals surface area contributed by atoms with Gasteiger partial charge in [0.05, 0.1) is 17.2 Å². The van der Waals surface area contributed by atoms with Gasteiger partial charge < -0.3 is 14.3 Å². The van der Waals surface area contributed by atoms with Gasteiger partial charge in [0.25, 0.3) is 0 Å². The number of nitrogens with zero attached hydrogens (tertiary/aromatic N) is 2. The highest BCUT2D eigenvalue weighted by atomic mass is 32.1. The maximum Gasteiger partial charge on any atom is 0.136 e. The molecule has 3 atom stereocenters. The SMILES string of the molecule is C1=CCC(C2NC(c3cccc4c3sc3cccc(-c5ccc6c(c5)oc5ccc(-n7c8ccccc8c8ccccc87)cc56)c34)=NC(c3ccccc3)N2)C=C1. The molecule has 1 aliphatic carbocycles. The fourth-order valence-corrected chi connectivity index (χ4v) is 10.4. The van der Waals surface area contributed by atoms with Gasteiger partial charge >= 0.3 is 0 Å². The predicted molar refractivity (Wildman–Crippen MR) is 239 cm³/mol. The summed E-state index contributed by atoms with van der Waals surface area (Å²) in [4.78, 5) is 5.32. The van der Waals surface area contributed by atoms with Gasteiger partial charge in [-0.15, -0.1) is 11.3 Å². The minimum absolute atomic E-state index is 0.0395. The highest BCUT2D eigenvalue weighted by Gasteiger charge is 2.30. The summed E-state index contributed by atoms with van der Waals surface area (Å²) in [5, 5.41) is 14.9. The molecule has 0 radical (unpaired) electrons. The molecule has 3 unspecified atom stereocenters. The van der Waals surface area contributed by atoms with Crippen molar-refractivity contribution in [1.29, 1.82) is 0 Å². The number of furan rings is 1. The molecule has 12 rings (SSSR count). The monoisotopic (exact) mass is 752 g/mol. The lowest BCUT2D eigenvalue weighted by Crippen LogP contribution is -2.54. The van der Waals surface area contributed by atoms with Crippen molar-refractivity contribution in [3.05, 3.63) is 187 Å². The lowest BCUT2D eigenvalue weighted by Gasteiger charge is -2.36. The number of rotatable bonds is 5. The summed E-state index contributed by atoms with van der Waals surface area (Å²) in [6.45, 7) is 0. The van der Waals surface area contributed by atoms with Crippen LogP contribution >= 0.6 is 11.3 Å². The first-order valence-electron chi connectivity index (χ1n) is 19.6. The smallest absolute Gasteiger partial charge is 0.136 e. The summed E-state index contributed by atoms with van der Waals surface area (Å²) >= 11 is 1.84. The Hall–Kier alpha value is -6.73. The fraction of sp³-hybridized carbons (Fsp3) is 0.0784. The first-order chi connectivity index (χ1) is 28.2. The third kappa shape index (κ3) is 5.22. The Labute approximate surface area is 332 Å². The third-order valence-corrected chi connectivity index (χ3v) is 13.0. The van der Waals surface area contributed by atoms with Crippen LogP contribution in [0.5, 0.6) is 0 Å². The van der Waals surface area contributed by atoms with E-state index in [1.807, 2.05) is 11.3 Å². The fourth-order valence-electron chi connectivity index (χ4n) is 9.14. The van der Waals surface area contributed by atoms with Gasteiger partial charge in [0, 0.05) is 58.9 Å². The summed E-state index contributed by atoms with van der Waals surface area (Å²) in [5.41, 5.74) is 9.92. The summed E-state index contributed by atoms with van der Waals surface area (Å²) in [6.07, 6.45) is 9.70. The van der Waals surface area contributed by atoms with Crippen LogP contribution in [0.1, 0.15) is 23.7 Å². The summed E-state index contributed by atoms with van der Waals surface area (Å²) in [5.74, 6) is 1.24. The Morgan fingerprint density at radius 3 is 2.23 bits per heavy atom. The number of hydrogen-bond donors (Lipinski definition) is 2. The van der Waals surface area contributed by atoms with Gasteiger partial charge in [-0.1, -0.05) is 121 Å². The van der Waals surface area contributed by atoms with E-state index in [1.165, 1.54) is 47.5 Å². The van der Waals surface area contributed by atoms with E-state index < -0.39 is 0 Å². The van der Waals surface area contributed by atoms with Crippen molar-refractivity contribution in [2.75, 3.05) is 0 Å². The Morgan fingerprint density at radius 2 is 1.40 bits per heavy atom. The maximum absolute atomic E-state index is 6.60. The minimum Gasteiger partial charge on any atom is -0.456 e. The number of aromatic nitrogens is 1. The van der Waals surface area contributed by atoms with E-state index >= 15 is 0 Å². The summed E-state index contributed by atoms with van der Waals surface area (Å²) in [7, 11) is 0. The van der Waals surface area contributed by atoms with E-state index in [2.05, 4.69) is 191 Å². The largest absolute Gasteiger partial charge is 0.456 e. The molecule has 272 valence electrons. The topological polar surface area (TPSA) is 54.5 Å². The van der Waals surface area contributed by atoms with Gasteiger partial charge in [-0.2, -0.15) is 0 Å². The average molecular weight is 753 g/mol. The molecule has 2 aliphatic rings. The number of para-hydroxylation sites is 2. The Kier molecular flexibility index (Phi) is 7.37. The number of fused-ring (bicyclic) bond motifs is 9. The molecule has 2 N–H and O–H groups in total. The molecule has 6 heteroatoms. The normalized spacial score (nSPS) is 18.3. The quantitative estimate of drug-likeness (QED) is 0.184. The van der Waals surface area contributed by atoms with Crippen LogP contribution in [0.15, 0.2) is 185 Å². The molecule has 4 heterocycles. The summed E-state index contributed by atoms with van der Waals surface area (Å²) < 4.78 is 11.5. The Morgan fingerprint density at radius 1 is 0.632 bits per heavy atom. The van der Waals surface area contributed by atoms with Crippen LogP contribution in [-0.4, -0.2) is 16.6 Å². The van der Waals surface area contributed by atoms with Gasteiger partial charge in [0.1, 0.15) is 23.2 Å². The van der Waals surface area contributed by atoms with E-state index in [-0.39, 0.29) is 12.3 Å². The van der Waals surface area contributed by atoms with Crippen molar-refractivity contribution in [2.45, 2.75) is 18.8 Å². The van der Waals surface area contributed by atoms with Crippen molar-refractivity contribution in [2.24, 2.45) is 10.9 Å². The molecule has 1 aliphatic heterocycles. The average Bonchev–Trinajstić information content (AvgIpc) is 3.96. The third-order valence-electron chi connectivity index (χ3n) is 11.8. The van der Waals surface area contributed by atoms with E-state index in [4.69, 9.17) is 9.41 Å². The van der Waals surface area contributed by atoms with Crippen LogP contribution < -0.4 is 10.6 Å². The van der Waals surface area contributed by atoms with Gasteiger partial charge in [-0.3, -0.25) is 5.32 Å². The highest BCUT2D eigenvalue weighted by Crippen LogP contribution is 2.43. The van der Waals surface area contributed by atoms with Crippen molar-refractivity contribution in [3.8, 4) is 16.8 Å². The lowest BCUT2D eigenvalue weighted by atomic mass is 9.95. The Bertz CT molecular complexity index is 3260. The van der Waals surface area contributed by atoms with E-state index in [9.17, 15) is 0 Å². The van der Waals surface area contributed by atoms with Crippen molar-refractivity contribution in [1.82, 2.24) is 15.2 Å². The van der Waals surface area contributed by atoms with Crippen LogP contribution in [-0.2, 0) is 0 Å². The minimum atomic E-state index is -0.152. The molecule has 7 aromatic carbocycles. The number of aliphatic imine (C=N–C) groups is 1. The predicted octanol–water partition coefficient (Wildman–Crippen LogP) is 12.8. The standard InChI is InChI=1S/C51H36N4OS/c1-3-13-31(14-4-1)49-52-50(32-15-5-2-6-16-32)54-51(53-49)40-21-11-20-39-47-35(19-12-24-46(47)57-48(39)40)33-25-27-38-41-30-34(26-28-44(41)56-45(38)29-33)55-42-22-9-7-17-36(42)37-18-8-10-23-43(37)55/h1-15,17-30,32,49-50,52H,16H2,(H,53,54). The molecule has 0 saturated carbocycles. The number of amidine groups is 1. The van der Waals surface area contributed by atoms with E-state index in [0.29, 0.717) is 5.92 Å². The molecular weight excluding hydrogens is 717 g/mol. The second-order valence-electron chi connectivity index (χ2n) is 15.1. The van der Waals surface area contributed by atoms with Gasteiger partial charge in [0.2, 0.25) is 0 Å². The van der Waals surface area contributed by atoms with Gasteiger partial charge in [0.15, 0.2) is 0 Å². The van der Waals surface area contributed by atoms with Gasteiger partial charge in [-0.05, 0) is 77.7 Å². The first kappa shape index (κ1) is 32.5. The summed E-state index contributed by atoms with van der Waals surface area (Å²) in [6, 6.07) is 54.5. The maximum atomic E-state index is 6.60. The molecule has 0 spiro atoms. The van der Waals surface area contributed by atoms with Gasteiger partial charge in [-0.25, -0.2) is 4.99 Å². The van der Waals surface area contributed by atoms with Crippen LogP contribution in [0.2, 0.25) is 0 Å². The van der Waals surface area contributed by atoms with Crippen LogP contribution in [0, 0.1) is 5.92 Å². The molecule has 5 nitrogen and oxygen atoms in total. The number of thiophene rings is 1. The lowest BCUT2D eigenvalue weighted by molar-refractivity contribution is 0.328. The zero-order valence-electron chi connectivity index (χ0n) is 30.9. The first-order valence-corrected chi connectivity index (χ1v) is 20.5. The molecule has 0 saturated heterocycles. The zero-order valence-corrected chi connectivity index (χ0v) is 31.7. The van der Waals surface area contributed by atoms with E-state index in [1.54, 1.807) is 0 Å². The Balaban J connectivity index is 0.964. The molecule has 0 bridgehead atoms. The van der Waals surface area contributed by atoms with Crippen LogP contribution in [0.4, 0.5) is 0 Å². The van der Waals surface area contributed by atoms with Crippen molar-refractivity contribution in [3.63, 3.8) is 0 Å². The second kappa shape index (κ2) is 12.9. The highest BCUT2D eigenvalue weighted by molar-refractivity contribution is 7.26. The number of benzene rings is 7. The zero-order chi connectivity index (χ0) is 37.5. The van der Waals surface area contributed by atoms with Crippen molar-refractivity contribution >= 4 is 81.1 Å². The molecule has 3 aromatic heterocycles. The molecule has 0 fully saturated rings. The molecule has 10 aromatic rings. The molecule has 57 heavy (non-hydrogen) atoms. The van der Waals surface area contributed by atoms with Crippen LogP contribution in [0.3, 0.4) is 0 Å². The number of nitrogens with one attached hydrogen (secondary N) is 2. The van der Waals surface area contributed by atoms with Crippen molar-refractivity contribution < 1.29 is 4.42 Å². The van der Waals surface area contributed by atoms with Crippen LogP contribution in [0.25, 0.3) is 80.7 Å². The molecular formula is C51H36N4OS. The number of allylic oxidation sites excluding steroid dienone is 3. The number of hydrogen-bond acceptors (Lipinski definition) is 5.